The summed E-state index contributed by atoms with van der Waals surface area (Å²) in [5, 5.41) is 0.939. The topological polar surface area (TPSA) is 61.4 Å². The van der Waals surface area contributed by atoms with Gasteiger partial charge >= 0.3 is 0 Å². The van der Waals surface area contributed by atoms with Gasteiger partial charge in [-0.1, -0.05) is 279 Å². The number of para-hydroxylation sites is 6. The number of hydrogen-bond donors (Lipinski definition) is 0. The second-order valence-electron chi connectivity index (χ2n) is 27.5. The molecule has 0 fully saturated rings. The van der Waals surface area contributed by atoms with E-state index in [2.05, 4.69) is 361 Å². The third-order valence-corrected chi connectivity index (χ3v) is 22.4. The van der Waals surface area contributed by atoms with Gasteiger partial charge in [0.05, 0.1) is 44.1 Å². The van der Waals surface area contributed by atoms with E-state index in [1.165, 1.54) is 89.0 Å². The van der Waals surface area contributed by atoms with Crippen molar-refractivity contribution in [2.45, 2.75) is 10.8 Å². The molecule has 6 nitrogen and oxygen atoms in total. The fraction of sp³-hybridized carbons (Fsp3) is 0.0208. The number of nitrogens with zero attached hydrogens (tertiary/aromatic N) is 6. The fourth-order valence-corrected chi connectivity index (χ4v) is 18.2. The molecule has 0 unspecified atom stereocenters. The molecule has 0 saturated heterocycles. The maximum atomic E-state index is 5.92. The molecule has 18 aromatic rings. The van der Waals surface area contributed by atoms with Crippen LogP contribution in [0.4, 0.5) is 0 Å². The third kappa shape index (κ3) is 7.83. The van der Waals surface area contributed by atoms with Crippen LogP contribution in [0.25, 0.3) is 157 Å². The van der Waals surface area contributed by atoms with Crippen molar-refractivity contribution in [3.05, 3.63) is 396 Å². The summed E-state index contributed by atoms with van der Waals surface area (Å²) >= 11 is 0. The van der Waals surface area contributed by atoms with Crippen LogP contribution in [0, 0.1) is 0 Å². The molecule has 0 N–H and O–H groups in total. The molecule has 2 spiro atoms. The minimum atomic E-state index is -0.573. The number of benzene rings is 15. The summed E-state index contributed by atoms with van der Waals surface area (Å²) in [5.74, 6) is 2.33. The van der Waals surface area contributed by atoms with E-state index >= 15 is 0 Å². The maximum Gasteiger partial charge on any atom is 0.160 e. The highest BCUT2D eigenvalue weighted by molar-refractivity contribution is 6.07. The minimum absolute atomic E-state index is 0.540. The van der Waals surface area contributed by atoms with Gasteiger partial charge < -0.3 is 0 Å². The molecule has 4 aliphatic rings. The predicted molar refractivity (Wildman–Crippen MR) is 414 cm³/mol. The second-order valence-corrected chi connectivity index (χ2v) is 27.5. The average molecular weight is 1300 g/mol. The third-order valence-electron chi connectivity index (χ3n) is 22.4. The Labute approximate surface area is 589 Å². The highest BCUT2D eigenvalue weighted by Crippen LogP contribution is 2.65. The number of rotatable bonds is 8. The molecule has 0 aliphatic heterocycles. The molecule has 4 aliphatic carbocycles. The molecule has 3 heterocycles. The highest BCUT2D eigenvalue weighted by Gasteiger charge is 2.53. The highest BCUT2D eigenvalue weighted by atomic mass is 15.1. The van der Waals surface area contributed by atoms with Gasteiger partial charge in [0.15, 0.2) is 5.82 Å². The summed E-state index contributed by atoms with van der Waals surface area (Å²) in [5.41, 5.74) is 35.1. The molecule has 102 heavy (non-hydrogen) atoms. The Morgan fingerprint density at radius 1 is 0.216 bits per heavy atom. The zero-order chi connectivity index (χ0) is 66.8. The van der Waals surface area contributed by atoms with E-state index in [0.717, 1.165) is 106 Å². The maximum absolute atomic E-state index is 5.92. The van der Waals surface area contributed by atoms with Gasteiger partial charge in [0, 0.05) is 44.6 Å². The van der Waals surface area contributed by atoms with E-state index in [4.69, 9.17) is 19.9 Å². The van der Waals surface area contributed by atoms with Crippen molar-refractivity contribution in [1.82, 2.24) is 29.1 Å². The van der Waals surface area contributed by atoms with Crippen LogP contribution in [0.2, 0.25) is 0 Å². The first-order chi connectivity index (χ1) is 50.6. The van der Waals surface area contributed by atoms with Gasteiger partial charge in [-0.25, -0.2) is 19.9 Å². The number of aromatic nitrogens is 6. The van der Waals surface area contributed by atoms with Crippen molar-refractivity contribution in [3.8, 4) is 124 Å². The van der Waals surface area contributed by atoms with Gasteiger partial charge in [-0.15, -0.1) is 0 Å². The fourth-order valence-electron chi connectivity index (χ4n) is 18.2. The first-order valence-corrected chi connectivity index (χ1v) is 35.1. The van der Waals surface area contributed by atoms with Gasteiger partial charge in [0.2, 0.25) is 0 Å². The Morgan fingerprint density at radius 3 is 1.00 bits per heavy atom. The van der Waals surface area contributed by atoms with Crippen LogP contribution in [-0.2, 0) is 10.8 Å². The summed E-state index contributed by atoms with van der Waals surface area (Å²) in [7, 11) is 0. The largest absolute Gasteiger partial charge is 0.292 e. The van der Waals surface area contributed by atoms with E-state index in [1.54, 1.807) is 0 Å². The van der Waals surface area contributed by atoms with Crippen LogP contribution in [0.1, 0.15) is 44.5 Å². The molecular weight excluding hydrogens is 1240 g/mol. The van der Waals surface area contributed by atoms with Crippen molar-refractivity contribution in [1.29, 1.82) is 0 Å². The van der Waals surface area contributed by atoms with Gasteiger partial charge in [-0.2, -0.15) is 0 Å². The van der Waals surface area contributed by atoms with E-state index in [0.29, 0.717) is 5.82 Å². The molecule has 472 valence electrons. The standard InChI is InChI=1S/C96H58N6/c1-3-23-66(24-4-1)101-88-41-21-19-39-86(88)97-93(101)61-47-43-59(44-48-61)90-77-56-65(63-51-53-74-72-31-11-17-37-82(72)95(84(74)57-63)78-33-13-7-27-68(78)69-28-8-14-34-79(69)95)55-76(64-52-54-75-73-32-12-18-38-83(73)96(85(75)58-64)80-35-15-9-29-70(80)71-30-10-16-36-81(71)96)91(77)100-92(99-90)60-45-49-62(50-46-60)94-98-87-40-20-22-42-89(87)102(94)67-25-5-2-6-26-67/h1-58H. The van der Waals surface area contributed by atoms with E-state index in [9.17, 15) is 0 Å². The van der Waals surface area contributed by atoms with Crippen LogP contribution in [0.3, 0.4) is 0 Å². The van der Waals surface area contributed by atoms with E-state index in [-0.39, 0.29) is 0 Å². The summed E-state index contributed by atoms with van der Waals surface area (Å²) < 4.78 is 4.52. The van der Waals surface area contributed by atoms with Gasteiger partial charge in [0.1, 0.15) is 11.6 Å². The molecule has 0 bridgehead atoms. The summed E-state index contributed by atoms with van der Waals surface area (Å²) in [6.07, 6.45) is 0. The molecule has 0 saturated carbocycles. The summed E-state index contributed by atoms with van der Waals surface area (Å²) in [6.45, 7) is 0. The van der Waals surface area contributed by atoms with Crippen molar-refractivity contribution in [2.24, 2.45) is 0 Å². The monoisotopic (exact) mass is 1290 g/mol. The first-order valence-electron chi connectivity index (χ1n) is 35.1. The molecule has 22 rings (SSSR count). The lowest BCUT2D eigenvalue weighted by Crippen LogP contribution is -2.25. The van der Waals surface area contributed by atoms with E-state index in [1.807, 2.05) is 0 Å². The Balaban J connectivity index is 0.807. The number of fused-ring (bicyclic) bond motifs is 23. The molecule has 3 aromatic heterocycles. The average Bonchev–Trinajstić information content (AvgIpc) is 1.51. The van der Waals surface area contributed by atoms with Gasteiger partial charge in [0.25, 0.3) is 0 Å². The lowest BCUT2D eigenvalue weighted by atomic mass is 9.70. The second kappa shape index (κ2) is 21.5. The predicted octanol–water partition coefficient (Wildman–Crippen LogP) is 23.0. The zero-order valence-electron chi connectivity index (χ0n) is 55.2. The zero-order valence-corrected chi connectivity index (χ0v) is 55.2. The Kier molecular flexibility index (Phi) is 11.9. The molecule has 0 atom stereocenters. The lowest BCUT2D eigenvalue weighted by Gasteiger charge is -2.31. The first kappa shape index (κ1) is 56.6. The van der Waals surface area contributed by atoms with Gasteiger partial charge in [-0.05, 0) is 179 Å². The normalized spacial score (nSPS) is 13.5. The number of imidazole rings is 2. The van der Waals surface area contributed by atoms with Crippen molar-refractivity contribution < 1.29 is 0 Å². The van der Waals surface area contributed by atoms with Crippen molar-refractivity contribution in [3.63, 3.8) is 0 Å². The Hall–Kier alpha value is -13.4. The summed E-state index contributed by atoms with van der Waals surface area (Å²) in [4.78, 5) is 22.4. The van der Waals surface area contributed by atoms with Crippen LogP contribution in [0.5, 0.6) is 0 Å². The SMILES string of the molecule is c1ccc(-n2c(-c3ccc(-c4nc(-c5ccc(-c6nc7ccccc7n6-c6ccccc6)cc5)c5cc(-c6ccc7c(c6)C6(c8ccccc8-c8ccccc86)c6ccccc6-7)cc(-c6ccc7c(c6)C6(c8ccccc8-c8ccccc86)c6ccccc6-7)c5n4)cc3)nc3ccccc32)cc1. The van der Waals surface area contributed by atoms with E-state index < -0.39 is 10.8 Å². The quantitative estimate of drug-likeness (QED) is 0.152. The minimum Gasteiger partial charge on any atom is -0.292 e. The Bertz CT molecular complexity index is 6430. The van der Waals surface area contributed by atoms with Crippen LogP contribution >= 0.6 is 0 Å². The van der Waals surface area contributed by atoms with Crippen LogP contribution in [0.15, 0.2) is 352 Å². The van der Waals surface area contributed by atoms with Crippen LogP contribution < -0.4 is 0 Å². The van der Waals surface area contributed by atoms with Gasteiger partial charge in [-0.3, -0.25) is 9.13 Å². The van der Waals surface area contributed by atoms with Crippen molar-refractivity contribution in [2.75, 3.05) is 0 Å². The smallest absolute Gasteiger partial charge is 0.160 e. The molecule has 0 radical (unpaired) electrons. The molecule has 15 aromatic carbocycles. The molecule has 0 amide bonds. The van der Waals surface area contributed by atoms with Crippen LogP contribution in [-0.4, -0.2) is 29.1 Å². The summed E-state index contributed by atoms with van der Waals surface area (Å²) in [6, 6.07) is 129. The molecular formula is C96H58N6. The Morgan fingerprint density at radius 2 is 0.559 bits per heavy atom. The number of hydrogen-bond acceptors (Lipinski definition) is 4. The molecule has 6 heteroatoms. The lowest BCUT2D eigenvalue weighted by molar-refractivity contribution is 0.794. The van der Waals surface area contributed by atoms with Crippen molar-refractivity contribution >= 4 is 33.0 Å².